The van der Waals surface area contributed by atoms with Gasteiger partial charge in [-0.05, 0) is 24.3 Å². The largest absolute Gasteiger partial charge is 0.360 e. The monoisotopic (exact) mass is 269 g/mol. The third-order valence-corrected chi connectivity index (χ3v) is 2.74. The number of carbonyl (C=O) groups is 1. The quantitative estimate of drug-likeness (QED) is 0.716. The average Bonchev–Trinajstić information content (AvgIpc) is 2.53. The van der Waals surface area contributed by atoms with Gasteiger partial charge in [0.05, 0.1) is 5.69 Å². The topological polar surface area (TPSA) is 76.4 Å². The average molecular weight is 270 g/mol. The van der Waals surface area contributed by atoms with E-state index in [0.717, 1.165) is 5.01 Å². The summed E-state index contributed by atoms with van der Waals surface area (Å²) in [6.45, 7) is 0. The molecule has 18 heavy (non-hydrogen) atoms. The first-order valence-corrected chi connectivity index (χ1v) is 5.53. The molecule has 1 amide bonds. The zero-order chi connectivity index (χ0) is 13.5. The Balaban J connectivity index is 2.42. The second-order valence-electron chi connectivity index (χ2n) is 4.08. The van der Waals surface area contributed by atoms with Gasteiger partial charge in [-0.2, -0.15) is 5.01 Å². The van der Waals surface area contributed by atoms with Crippen molar-refractivity contribution in [2.45, 2.75) is 5.79 Å². The van der Waals surface area contributed by atoms with Crippen LogP contribution in [0.1, 0.15) is 0 Å². The minimum absolute atomic E-state index is 0.137. The van der Waals surface area contributed by atoms with Gasteiger partial charge in [0.1, 0.15) is 0 Å². The van der Waals surface area contributed by atoms with Crippen LogP contribution in [-0.4, -0.2) is 46.7 Å². The Morgan fingerprint density at radius 1 is 1.28 bits per heavy atom. The minimum atomic E-state index is -2.61. The van der Waals surface area contributed by atoms with E-state index in [1.165, 1.54) is 4.90 Å². The number of anilines is 1. The summed E-state index contributed by atoms with van der Waals surface area (Å²) in [5, 5.41) is 24.8. The molecule has 7 heteroatoms. The molecule has 1 aromatic carbocycles. The van der Waals surface area contributed by atoms with E-state index in [0.29, 0.717) is 10.7 Å². The van der Waals surface area contributed by atoms with Gasteiger partial charge < -0.3 is 15.1 Å². The zero-order valence-electron chi connectivity index (χ0n) is 9.83. The molecular formula is C11H12ClN3O3. The van der Waals surface area contributed by atoms with Gasteiger partial charge in [0, 0.05) is 19.1 Å². The molecule has 2 rings (SSSR count). The molecule has 1 aromatic rings. The second-order valence-corrected chi connectivity index (χ2v) is 4.52. The molecule has 0 bridgehead atoms. The van der Waals surface area contributed by atoms with Crippen LogP contribution in [-0.2, 0) is 4.79 Å². The van der Waals surface area contributed by atoms with Crippen molar-refractivity contribution in [1.82, 2.24) is 4.90 Å². The van der Waals surface area contributed by atoms with Crippen molar-refractivity contribution in [2.75, 3.05) is 19.1 Å². The van der Waals surface area contributed by atoms with Crippen molar-refractivity contribution in [3.8, 4) is 0 Å². The first-order chi connectivity index (χ1) is 8.34. The Morgan fingerprint density at radius 3 is 2.28 bits per heavy atom. The van der Waals surface area contributed by atoms with E-state index in [-0.39, 0.29) is 5.84 Å². The van der Waals surface area contributed by atoms with Crippen molar-refractivity contribution < 1.29 is 15.0 Å². The van der Waals surface area contributed by atoms with Crippen LogP contribution in [0.3, 0.4) is 0 Å². The number of nitrogens with zero attached hydrogens (tertiary/aromatic N) is 3. The summed E-state index contributed by atoms with van der Waals surface area (Å²) in [6, 6.07) is 6.31. The summed E-state index contributed by atoms with van der Waals surface area (Å²) in [6.07, 6.45) is 0. The normalized spacial score (nSPS) is 17.9. The zero-order valence-corrected chi connectivity index (χ0v) is 10.6. The van der Waals surface area contributed by atoms with Crippen LogP contribution in [0.15, 0.2) is 29.4 Å². The van der Waals surface area contributed by atoms with Gasteiger partial charge in [-0.3, -0.25) is 4.79 Å². The fourth-order valence-electron chi connectivity index (χ4n) is 1.61. The molecule has 0 fully saturated rings. The number of likely N-dealkylation sites (N-methyl/N-ethyl adjacent to an activating group) is 1. The Morgan fingerprint density at radius 2 is 1.83 bits per heavy atom. The lowest BCUT2D eigenvalue weighted by molar-refractivity contribution is -0.157. The first kappa shape index (κ1) is 12.8. The molecule has 2 N–H and O–H groups in total. The minimum Gasteiger partial charge on any atom is -0.360 e. The highest BCUT2D eigenvalue weighted by Gasteiger charge is 2.50. The van der Waals surface area contributed by atoms with Crippen molar-refractivity contribution in [1.29, 1.82) is 0 Å². The highest BCUT2D eigenvalue weighted by Crippen LogP contribution is 2.26. The number of hydrogen-bond donors (Lipinski definition) is 2. The predicted molar refractivity (Wildman–Crippen MR) is 67.2 cm³/mol. The Labute approximate surface area is 109 Å². The maximum absolute atomic E-state index is 11.9. The molecular weight excluding hydrogens is 258 g/mol. The van der Waals surface area contributed by atoms with Crippen LogP contribution >= 0.6 is 11.6 Å². The van der Waals surface area contributed by atoms with E-state index in [1.807, 2.05) is 0 Å². The number of hydrazone groups is 1. The number of halogens is 1. The molecule has 0 atom stereocenters. The molecule has 0 aliphatic carbocycles. The first-order valence-electron chi connectivity index (χ1n) is 5.15. The molecule has 0 radical (unpaired) electrons. The van der Waals surface area contributed by atoms with Crippen LogP contribution in [0.5, 0.6) is 0 Å². The van der Waals surface area contributed by atoms with E-state index in [1.54, 1.807) is 38.4 Å². The smallest absolute Gasteiger partial charge is 0.315 e. The maximum atomic E-state index is 11.9. The molecule has 1 aliphatic rings. The second kappa shape index (κ2) is 4.24. The summed E-state index contributed by atoms with van der Waals surface area (Å²) >= 11 is 5.74. The molecule has 0 aromatic heterocycles. The predicted octanol–water partition coefficient (Wildman–Crippen LogP) is 0.243. The van der Waals surface area contributed by atoms with E-state index < -0.39 is 11.7 Å². The van der Waals surface area contributed by atoms with Gasteiger partial charge in [0.25, 0.3) is 0 Å². The maximum Gasteiger partial charge on any atom is 0.315 e. The van der Waals surface area contributed by atoms with Crippen molar-refractivity contribution in [3.63, 3.8) is 0 Å². The van der Waals surface area contributed by atoms with Crippen LogP contribution < -0.4 is 5.01 Å². The van der Waals surface area contributed by atoms with Gasteiger partial charge in [-0.25, -0.2) is 0 Å². The highest BCUT2D eigenvalue weighted by atomic mass is 35.5. The SMILES string of the molecule is CN(C)C1=NN(c2ccc(Cl)cc2)C(=O)C1(O)O. The summed E-state index contributed by atoms with van der Waals surface area (Å²) in [7, 11) is 3.14. The number of rotatable bonds is 1. The number of amides is 1. The Kier molecular flexibility index (Phi) is 3.02. The number of carbonyl (C=O) groups excluding carboxylic acids is 1. The van der Waals surface area contributed by atoms with E-state index in [2.05, 4.69) is 5.10 Å². The number of amidine groups is 1. The van der Waals surface area contributed by atoms with Crippen molar-refractivity contribution in [2.24, 2.45) is 5.10 Å². The lowest BCUT2D eigenvalue weighted by Gasteiger charge is -2.20. The molecule has 0 saturated heterocycles. The fourth-order valence-corrected chi connectivity index (χ4v) is 1.74. The van der Waals surface area contributed by atoms with Gasteiger partial charge in [0.15, 0.2) is 5.84 Å². The highest BCUT2D eigenvalue weighted by molar-refractivity contribution is 6.30. The summed E-state index contributed by atoms with van der Waals surface area (Å²) in [4.78, 5) is 13.2. The van der Waals surface area contributed by atoms with Gasteiger partial charge in [-0.15, -0.1) is 5.10 Å². The molecule has 96 valence electrons. The van der Waals surface area contributed by atoms with E-state index in [4.69, 9.17) is 11.6 Å². The van der Waals surface area contributed by atoms with Gasteiger partial charge >= 0.3 is 11.7 Å². The van der Waals surface area contributed by atoms with Crippen LogP contribution in [0.4, 0.5) is 5.69 Å². The van der Waals surface area contributed by atoms with Crippen molar-refractivity contribution >= 4 is 29.0 Å². The number of benzene rings is 1. The standard InChI is InChI=1S/C11H12ClN3O3/c1-14(2)9-11(17,18)10(16)15(13-9)8-5-3-7(12)4-6-8/h3-6,17-18H,1-2H3. The molecule has 0 unspecified atom stereocenters. The van der Waals surface area contributed by atoms with E-state index in [9.17, 15) is 15.0 Å². The number of aliphatic hydroxyl groups is 2. The van der Waals surface area contributed by atoms with Gasteiger partial charge in [-0.1, -0.05) is 11.6 Å². The molecule has 0 saturated carbocycles. The fraction of sp³-hybridized carbons (Fsp3) is 0.273. The summed E-state index contributed by atoms with van der Waals surface area (Å²) < 4.78 is 0. The molecule has 0 spiro atoms. The Bertz CT molecular complexity index is 511. The van der Waals surface area contributed by atoms with E-state index >= 15 is 0 Å². The van der Waals surface area contributed by atoms with Crippen molar-refractivity contribution in [3.05, 3.63) is 29.3 Å². The lowest BCUT2D eigenvalue weighted by atomic mass is 10.2. The number of hydrogen-bond acceptors (Lipinski definition) is 5. The third-order valence-electron chi connectivity index (χ3n) is 2.49. The third kappa shape index (κ3) is 1.94. The summed E-state index contributed by atoms with van der Waals surface area (Å²) in [5.74, 6) is -3.67. The van der Waals surface area contributed by atoms with Gasteiger partial charge in [0.2, 0.25) is 0 Å². The van der Waals surface area contributed by atoms with Crippen LogP contribution in [0.25, 0.3) is 0 Å². The lowest BCUT2D eigenvalue weighted by Crippen LogP contribution is -2.50. The van der Waals surface area contributed by atoms with Crippen LogP contribution in [0, 0.1) is 0 Å². The molecule has 1 aliphatic heterocycles. The van der Waals surface area contributed by atoms with Crippen LogP contribution in [0.2, 0.25) is 5.02 Å². The molecule has 6 nitrogen and oxygen atoms in total. The Hall–Kier alpha value is -1.63. The molecule has 1 heterocycles. The summed E-state index contributed by atoms with van der Waals surface area (Å²) in [5.41, 5.74) is 0.411.